The molecule has 0 bridgehead atoms. The van der Waals surface area contributed by atoms with Gasteiger partial charge in [0.15, 0.2) is 5.17 Å². The molecule has 2 aromatic carbocycles. The highest BCUT2D eigenvalue weighted by molar-refractivity contribution is 8.14. The van der Waals surface area contributed by atoms with E-state index in [1.165, 1.54) is 34.3 Å². The Morgan fingerprint density at radius 2 is 1.80 bits per heavy atom. The molecule has 0 aliphatic carbocycles. The van der Waals surface area contributed by atoms with Gasteiger partial charge in [-0.05, 0) is 30.3 Å². The summed E-state index contributed by atoms with van der Waals surface area (Å²) in [5, 5.41) is 3.42. The van der Waals surface area contributed by atoms with Gasteiger partial charge in [0.2, 0.25) is 10.0 Å². The first-order valence-electron chi connectivity index (χ1n) is 9.53. The maximum atomic E-state index is 13.2. The van der Waals surface area contributed by atoms with Crippen molar-refractivity contribution in [2.45, 2.75) is 4.90 Å². The first-order valence-corrected chi connectivity index (χ1v) is 12.3. The maximum Gasteiger partial charge on any atom is 0.258 e. The van der Waals surface area contributed by atoms with Crippen molar-refractivity contribution in [2.75, 3.05) is 43.4 Å². The molecule has 2 aliphatic rings. The van der Waals surface area contributed by atoms with Gasteiger partial charge in [-0.15, -0.1) is 0 Å². The van der Waals surface area contributed by atoms with Crippen molar-refractivity contribution in [1.82, 2.24) is 9.62 Å². The smallest absolute Gasteiger partial charge is 0.258 e. The normalized spacial score (nSPS) is 17.6. The van der Waals surface area contributed by atoms with E-state index in [1.807, 2.05) is 30.3 Å². The molecule has 2 heterocycles. The molecule has 1 amide bonds. The van der Waals surface area contributed by atoms with Crippen molar-refractivity contribution < 1.29 is 13.2 Å². The van der Waals surface area contributed by atoms with Crippen molar-refractivity contribution in [3.05, 3.63) is 59.1 Å². The molecule has 0 saturated carbocycles. The van der Waals surface area contributed by atoms with E-state index in [1.54, 1.807) is 0 Å². The molecule has 1 fully saturated rings. The fourth-order valence-corrected chi connectivity index (χ4v) is 5.76. The Morgan fingerprint density at radius 1 is 1.07 bits per heavy atom. The van der Waals surface area contributed by atoms with E-state index in [9.17, 15) is 13.2 Å². The number of benzene rings is 2. The number of aliphatic imine (C=N–C) groups is 1. The van der Waals surface area contributed by atoms with E-state index >= 15 is 0 Å². The molecule has 7 nitrogen and oxygen atoms in total. The number of piperazine rings is 1. The molecule has 0 aromatic heterocycles. The third kappa shape index (κ3) is 4.49. The number of hydrogen-bond acceptors (Lipinski definition) is 6. The van der Waals surface area contributed by atoms with Crippen LogP contribution in [0, 0.1) is 0 Å². The molecule has 0 radical (unpaired) electrons. The summed E-state index contributed by atoms with van der Waals surface area (Å²) >= 11 is 7.62. The SMILES string of the molecule is O=C(NC1=NCCS1)c1cc(S(=O)(=O)N2CCN(c3ccccc3)CC2)ccc1Cl. The van der Waals surface area contributed by atoms with Gasteiger partial charge >= 0.3 is 0 Å². The van der Waals surface area contributed by atoms with Crippen LogP contribution in [0.3, 0.4) is 0 Å². The van der Waals surface area contributed by atoms with Crippen LogP contribution < -0.4 is 10.2 Å². The number of nitrogens with one attached hydrogen (secondary N) is 1. The molecule has 10 heteroatoms. The zero-order valence-electron chi connectivity index (χ0n) is 16.1. The number of rotatable bonds is 4. The fraction of sp³-hybridized carbons (Fsp3) is 0.300. The Balaban J connectivity index is 1.49. The van der Waals surface area contributed by atoms with E-state index in [2.05, 4.69) is 15.2 Å². The van der Waals surface area contributed by atoms with E-state index in [-0.39, 0.29) is 15.5 Å². The van der Waals surface area contributed by atoms with Crippen LogP contribution in [0.15, 0.2) is 58.4 Å². The molecule has 0 spiro atoms. The predicted molar refractivity (Wildman–Crippen MR) is 121 cm³/mol. The molecule has 2 aromatic rings. The first kappa shape index (κ1) is 21.2. The highest BCUT2D eigenvalue weighted by Gasteiger charge is 2.29. The minimum Gasteiger partial charge on any atom is -0.369 e. The molecule has 158 valence electrons. The number of amidine groups is 1. The number of thioether (sulfide) groups is 1. The lowest BCUT2D eigenvalue weighted by molar-refractivity contribution is 0.0978. The topological polar surface area (TPSA) is 82.1 Å². The van der Waals surface area contributed by atoms with Gasteiger partial charge in [0.25, 0.3) is 5.91 Å². The average Bonchev–Trinajstić information content (AvgIpc) is 3.27. The van der Waals surface area contributed by atoms with Crippen LogP contribution in [-0.2, 0) is 10.0 Å². The first-order chi connectivity index (χ1) is 14.4. The van der Waals surface area contributed by atoms with Gasteiger partial charge in [0, 0.05) is 37.6 Å². The molecular weight excluding hydrogens is 444 g/mol. The molecule has 2 aliphatic heterocycles. The van der Waals surface area contributed by atoms with Crippen molar-refractivity contribution >= 4 is 50.1 Å². The van der Waals surface area contributed by atoms with E-state index < -0.39 is 15.9 Å². The van der Waals surface area contributed by atoms with Crippen LogP contribution in [-0.4, -0.2) is 62.3 Å². The molecule has 4 rings (SSSR count). The fourth-order valence-electron chi connectivity index (χ4n) is 3.39. The number of anilines is 1. The van der Waals surface area contributed by atoms with Crippen molar-refractivity contribution in [1.29, 1.82) is 0 Å². The Kier molecular flexibility index (Phi) is 6.33. The number of sulfonamides is 1. The zero-order chi connectivity index (χ0) is 21.1. The second-order valence-corrected chi connectivity index (χ2v) is 10.3. The number of amides is 1. The van der Waals surface area contributed by atoms with Crippen LogP contribution in [0.25, 0.3) is 0 Å². The summed E-state index contributed by atoms with van der Waals surface area (Å²) in [5.74, 6) is 0.353. The summed E-state index contributed by atoms with van der Waals surface area (Å²) < 4.78 is 27.8. The number of carbonyl (C=O) groups is 1. The molecule has 0 unspecified atom stereocenters. The lowest BCUT2D eigenvalue weighted by Crippen LogP contribution is -2.48. The Morgan fingerprint density at radius 3 is 2.47 bits per heavy atom. The second-order valence-electron chi connectivity index (χ2n) is 6.86. The predicted octanol–water partition coefficient (Wildman–Crippen LogP) is 2.68. The summed E-state index contributed by atoms with van der Waals surface area (Å²) in [6, 6.07) is 14.2. The van der Waals surface area contributed by atoms with Crippen LogP contribution >= 0.6 is 23.4 Å². The highest BCUT2D eigenvalue weighted by Crippen LogP contribution is 2.25. The van der Waals surface area contributed by atoms with Crippen molar-refractivity contribution in [3.8, 4) is 0 Å². The Hall–Kier alpha value is -2.07. The summed E-state index contributed by atoms with van der Waals surface area (Å²) in [7, 11) is -3.74. The summed E-state index contributed by atoms with van der Waals surface area (Å²) in [6.07, 6.45) is 0. The van der Waals surface area contributed by atoms with Gasteiger partial charge in [0.1, 0.15) is 0 Å². The molecule has 1 N–H and O–H groups in total. The van der Waals surface area contributed by atoms with Gasteiger partial charge in [-0.1, -0.05) is 41.6 Å². The third-order valence-corrected chi connectivity index (χ3v) is 8.10. The van der Waals surface area contributed by atoms with Gasteiger partial charge < -0.3 is 10.2 Å². The lowest BCUT2D eigenvalue weighted by Gasteiger charge is -2.35. The van der Waals surface area contributed by atoms with Crippen LogP contribution in [0.4, 0.5) is 5.69 Å². The minimum atomic E-state index is -3.74. The molecular formula is C20H21ClN4O3S2. The van der Waals surface area contributed by atoms with Gasteiger partial charge in [-0.2, -0.15) is 4.31 Å². The van der Waals surface area contributed by atoms with Gasteiger partial charge in [-0.25, -0.2) is 8.42 Å². The quantitative estimate of drug-likeness (QED) is 0.752. The third-order valence-electron chi connectivity index (χ3n) is 4.99. The Bertz CT molecular complexity index is 1070. The van der Waals surface area contributed by atoms with E-state index in [4.69, 9.17) is 11.6 Å². The van der Waals surface area contributed by atoms with Crippen molar-refractivity contribution in [3.63, 3.8) is 0 Å². The number of nitrogens with zero attached hydrogens (tertiary/aromatic N) is 3. The molecule has 0 atom stereocenters. The maximum absolute atomic E-state index is 13.2. The minimum absolute atomic E-state index is 0.0613. The highest BCUT2D eigenvalue weighted by atomic mass is 35.5. The molecule has 30 heavy (non-hydrogen) atoms. The zero-order valence-corrected chi connectivity index (χ0v) is 18.5. The summed E-state index contributed by atoms with van der Waals surface area (Å²) in [4.78, 5) is 19.0. The lowest BCUT2D eigenvalue weighted by atomic mass is 10.2. The van der Waals surface area contributed by atoms with Gasteiger partial charge in [-0.3, -0.25) is 9.79 Å². The average molecular weight is 465 g/mol. The standard InChI is InChI=1S/C20H21ClN4O3S2/c21-18-7-6-16(14-17(18)19(26)23-20-22-8-13-29-20)30(27,28)25-11-9-24(10-12-25)15-4-2-1-3-5-15/h1-7,14H,8-13H2,(H,22,23,26). The number of carbonyl (C=O) groups excluding carboxylic acids is 1. The van der Waals surface area contributed by atoms with Crippen molar-refractivity contribution in [2.24, 2.45) is 4.99 Å². The van der Waals surface area contributed by atoms with E-state index in [0.29, 0.717) is 37.9 Å². The second kappa shape index (κ2) is 8.97. The Labute approximate surface area is 185 Å². The summed E-state index contributed by atoms with van der Waals surface area (Å²) in [6.45, 7) is 2.59. The number of para-hydroxylation sites is 1. The number of hydrogen-bond donors (Lipinski definition) is 1. The van der Waals surface area contributed by atoms with Gasteiger partial charge in [0.05, 0.1) is 22.0 Å². The molecule has 1 saturated heterocycles. The van der Waals surface area contributed by atoms with Crippen LogP contribution in [0.2, 0.25) is 5.02 Å². The largest absolute Gasteiger partial charge is 0.369 e. The monoisotopic (exact) mass is 464 g/mol. The van der Waals surface area contributed by atoms with E-state index in [0.717, 1.165) is 11.4 Å². The van der Waals surface area contributed by atoms with Crippen LogP contribution in [0.1, 0.15) is 10.4 Å². The number of halogens is 1. The van der Waals surface area contributed by atoms with Crippen LogP contribution in [0.5, 0.6) is 0 Å². The summed E-state index contributed by atoms with van der Waals surface area (Å²) in [5.41, 5.74) is 1.20.